The summed E-state index contributed by atoms with van der Waals surface area (Å²) in [4.78, 5) is 0.0863. The van der Waals surface area contributed by atoms with Crippen molar-refractivity contribution >= 4 is 10.0 Å². The van der Waals surface area contributed by atoms with Gasteiger partial charge in [-0.2, -0.15) is 0 Å². The number of hydrogen-bond donors (Lipinski definition) is 2. The second-order valence-electron chi connectivity index (χ2n) is 5.68. The molecule has 0 heterocycles. The van der Waals surface area contributed by atoms with E-state index in [4.69, 9.17) is 10.5 Å². The molecule has 1 aromatic carbocycles. The summed E-state index contributed by atoms with van der Waals surface area (Å²) in [5, 5.41) is 0. The Balaban J connectivity index is 2.04. The molecule has 1 fully saturated rings. The maximum atomic E-state index is 12.4. The van der Waals surface area contributed by atoms with Crippen LogP contribution in [0.15, 0.2) is 29.2 Å². The molecule has 8 heteroatoms. The van der Waals surface area contributed by atoms with E-state index in [0.29, 0.717) is 6.54 Å². The highest BCUT2D eigenvalue weighted by atomic mass is 32.2. The number of hydrogen-bond acceptors (Lipinski definition) is 4. The summed E-state index contributed by atoms with van der Waals surface area (Å²) < 4.78 is 56.6. The number of nitrogens with two attached hydrogens (primary N) is 1. The second kappa shape index (κ2) is 8.03. The maximum Gasteiger partial charge on any atom is 0.272 e. The van der Waals surface area contributed by atoms with E-state index in [1.165, 1.54) is 24.3 Å². The highest BCUT2D eigenvalue weighted by molar-refractivity contribution is 7.89. The average Bonchev–Trinajstić information content (AvgIpc) is 2.53. The van der Waals surface area contributed by atoms with E-state index in [0.717, 1.165) is 25.7 Å². The summed E-state index contributed by atoms with van der Waals surface area (Å²) >= 11 is 0. The fourth-order valence-corrected chi connectivity index (χ4v) is 4.13. The summed E-state index contributed by atoms with van der Waals surface area (Å²) in [7, 11) is -3.66. The van der Waals surface area contributed by atoms with Crippen molar-refractivity contribution in [3.63, 3.8) is 0 Å². The molecular weight excluding hydrogens is 326 g/mol. The van der Waals surface area contributed by atoms with Crippen molar-refractivity contribution in [1.82, 2.24) is 4.72 Å². The molecule has 2 atom stereocenters. The molecular formula is C15H22F2N2O3S. The predicted molar refractivity (Wildman–Crippen MR) is 83.1 cm³/mol. The van der Waals surface area contributed by atoms with Gasteiger partial charge in [0.25, 0.3) is 6.43 Å². The van der Waals surface area contributed by atoms with Gasteiger partial charge in [0.1, 0.15) is 12.4 Å². The molecule has 0 spiro atoms. The van der Waals surface area contributed by atoms with E-state index in [1.54, 1.807) is 0 Å². The van der Waals surface area contributed by atoms with Crippen molar-refractivity contribution in [1.29, 1.82) is 0 Å². The Labute approximate surface area is 135 Å². The van der Waals surface area contributed by atoms with Crippen molar-refractivity contribution in [2.45, 2.75) is 43.0 Å². The van der Waals surface area contributed by atoms with E-state index in [9.17, 15) is 17.2 Å². The first-order valence-corrected chi connectivity index (χ1v) is 9.14. The lowest BCUT2D eigenvalue weighted by molar-refractivity contribution is 0.0819. The van der Waals surface area contributed by atoms with Crippen LogP contribution in [0.1, 0.15) is 25.7 Å². The van der Waals surface area contributed by atoms with Gasteiger partial charge in [-0.3, -0.25) is 0 Å². The Morgan fingerprint density at radius 2 is 1.87 bits per heavy atom. The molecule has 2 rings (SSSR count). The molecule has 5 nitrogen and oxygen atoms in total. The Bertz CT molecular complexity index is 593. The molecule has 23 heavy (non-hydrogen) atoms. The van der Waals surface area contributed by atoms with Crippen LogP contribution in [0, 0.1) is 5.92 Å². The van der Waals surface area contributed by atoms with Gasteiger partial charge in [-0.1, -0.05) is 12.8 Å². The van der Waals surface area contributed by atoms with Crippen LogP contribution < -0.4 is 15.2 Å². The molecule has 1 aromatic rings. The van der Waals surface area contributed by atoms with Crippen molar-refractivity contribution < 1.29 is 21.9 Å². The lowest BCUT2D eigenvalue weighted by atomic mass is 9.85. The van der Waals surface area contributed by atoms with Crippen LogP contribution in [0.3, 0.4) is 0 Å². The van der Waals surface area contributed by atoms with Gasteiger partial charge in [0, 0.05) is 6.04 Å². The fourth-order valence-electron chi connectivity index (χ4n) is 2.79. The van der Waals surface area contributed by atoms with Gasteiger partial charge in [-0.15, -0.1) is 0 Å². The molecule has 1 aliphatic rings. The van der Waals surface area contributed by atoms with Crippen LogP contribution in [-0.2, 0) is 10.0 Å². The summed E-state index contributed by atoms with van der Waals surface area (Å²) in [6.07, 6.45) is 1.17. The largest absolute Gasteiger partial charge is 0.488 e. The lowest BCUT2D eigenvalue weighted by Gasteiger charge is -2.31. The monoisotopic (exact) mass is 348 g/mol. The maximum absolute atomic E-state index is 12.4. The minimum atomic E-state index is -3.66. The number of benzene rings is 1. The molecule has 0 bridgehead atoms. The summed E-state index contributed by atoms with van der Waals surface area (Å²) in [5.74, 6) is 0.355. The van der Waals surface area contributed by atoms with E-state index < -0.39 is 23.1 Å². The van der Waals surface area contributed by atoms with Gasteiger partial charge in [0.15, 0.2) is 0 Å². The molecule has 0 saturated heterocycles. The number of nitrogens with one attached hydrogen (secondary N) is 1. The van der Waals surface area contributed by atoms with Crippen molar-refractivity contribution in [2.75, 3.05) is 13.2 Å². The first-order chi connectivity index (χ1) is 10.9. The summed E-state index contributed by atoms with van der Waals surface area (Å²) in [6.45, 7) is -0.266. The molecule has 0 aromatic heterocycles. The average molecular weight is 348 g/mol. The van der Waals surface area contributed by atoms with Crippen LogP contribution in [0.25, 0.3) is 0 Å². The highest BCUT2D eigenvalue weighted by Gasteiger charge is 2.28. The second-order valence-corrected chi connectivity index (χ2v) is 7.40. The number of rotatable bonds is 7. The van der Waals surface area contributed by atoms with Gasteiger partial charge in [0.05, 0.1) is 4.90 Å². The van der Waals surface area contributed by atoms with Crippen molar-refractivity contribution in [3.05, 3.63) is 24.3 Å². The third kappa shape index (κ3) is 5.12. The minimum Gasteiger partial charge on any atom is -0.488 e. The Kier molecular flexibility index (Phi) is 6.32. The zero-order chi connectivity index (χ0) is 16.9. The number of halogens is 2. The number of sulfonamides is 1. The molecule has 1 aliphatic carbocycles. The first kappa shape index (κ1) is 18.1. The third-order valence-electron chi connectivity index (χ3n) is 4.03. The molecule has 2 unspecified atom stereocenters. The molecule has 0 radical (unpaired) electrons. The first-order valence-electron chi connectivity index (χ1n) is 7.66. The predicted octanol–water partition coefficient (Wildman–Crippen LogP) is 2.13. The Morgan fingerprint density at radius 1 is 1.22 bits per heavy atom. The van der Waals surface area contributed by atoms with Crippen LogP contribution in [-0.4, -0.2) is 34.0 Å². The van der Waals surface area contributed by atoms with Crippen LogP contribution in [0.4, 0.5) is 8.78 Å². The smallest absolute Gasteiger partial charge is 0.272 e. The van der Waals surface area contributed by atoms with Crippen LogP contribution >= 0.6 is 0 Å². The lowest BCUT2D eigenvalue weighted by Crippen LogP contribution is -2.44. The van der Waals surface area contributed by atoms with Gasteiger partial charge >= 0.3 is 0 Å². The highest BCUT2D eigenvalue weighted by Crippen LogP contribution is 2.25. The normalized spacial score (nSPS) is 22.3. The molecule has 0 aliphatic heterocycles. The third-order valence-corrected chi connectivity index (χ3v) is 5.53. The molecule has 130 valence electrons. The molecule has 3 N–H and O–H groups in total. The van der Waals surface area contributed by atoms with Crippen molar-refractivity contribution in [2.24, 2.45) is 11.7 Å². The minimum absolute atomic E-state index is 0.0863. The molecule has 1 saturated carbocycles. The fraction of sp³-hybridized carbons (Fsp3) is 0.600. The van der Waals surface area contributed by atoms with Gasteiger partial charge in [-0.05, 0) is 49.6 Å². The number of ether oxygens (including phenoxy) is 1. The Hall–Kier alpha value is -1.25. The van der Waals surface area contributed by atoms with Crippen LogP contribution in [0.2, 0.25) is 0 Å². The van der Waals surface area contributed by atoms with Crippen molar-refractivity contribution in [3.8, 4) is 5.75 Å². The zero-order valence-electron chi connectivity index (χ0n) is 12.8. The van der Waals surface area contributed by atoms with E-state index in [-0.39, 0.29) is 22.6 Å². The Morgan fingerprint density at radius 3 is 2.48 bits per heavy atom. The number of alkyl halides is 2. The van der Waals surface area contributed by atoms with Crippen LogP contribution in [0.5, 0.6) is 5.75 Å². The standard InChI is InChI=1S/C15H22F2N2O3S/c16-15(17)10-22-12-5-7-13(8-6-12)23(20,21)19-14-4-2-1-3-11(14)9-18/h5-8,11,14-15,19H,1-4,9-10,18H2. The SMILES string of the molecule is NCC1CCCCC1NS(=O)(=O)c1ccc(OCC(F)F)cc1. The van der Waals surface area contributed by atoms with Gasteiger partial charge in [-0.25, -0.2) is 21.9 Å². The quantitative estimate of drug-likeness (QED) is 0.791. The molecule has 0 amide bonds. The van der Waals surface area contributed by atoms with E-state index in [2.05, 4.69) is 4.72 Å². The zero-order valence-corrected chi connectivity index (χ0v) is 13.6. The van der Waals surface area contributed by atoms with Gasteiger partial charge < -0.3 is 10.5 Å². The summed E-state index contributed by atoms with van der Waals surface area (Å²) in [6, 6.07) is 5.29. The topological polar surface area (TPSA) is 81.4 Å². The van der Waals surface area contributed by atoms with E-state index in [1.807, 2.05) is 0 Å². The van der Waals surface area contributed by atoms with Gasteiger partial charge in [0.2, 0.25) is 10.0 Å². The summed E-state index contributed by atoms with van der Waals surface area (Å²) in [5.41, 5.74) is 5.72. The van der Waals surface area contributed by atoms with E-state index >= 15 is 0 Å².